The van der Waals surface area contributed by atoms with E-state index in [0.29, 0.717) is 5.41 Å². The number of hydrogen-bond acceptors (Lipinski definition) is 2. The summed E-state index contributed by atoms with van der Waals surface area (Å²) in [6.07, 6.45) is 8.47. The molecule has 0 saturated heterocycles. The minimum absolute atomic E-state index is 0.228. The topological polar surface area (TPSA) is 43.8 Å². The first-order valence-electron chi connectivity index (χ1n) is 8.01. The van der Waals surface area contributed by atoms with Crippen LogP contribution >= 0.6 is 15.9 Å². The molecule has 1 saturated carbocycles. The molecule has 0 aromatic carbocycles. The normalized spacial score (nSPS) is 20.1. The van der Waals surface area contributed by atoms with Gasteiger partial charge in [-0.3, -0.25) is 4.68 Å². The molecular formula is C16H28BrN3. The van der Waals surface area contributed by atoms with Crippen LogP contribution in [0.25, 0.3) is 0 Å². The first kappa shape index (κ1) is 16.0. The maximum Gasteiger partial charge on any atom is 0.0766 e. The summed E-state index contributed by atoms with van der Waals surface area (Å²) < 4.78 is 3.30. The molecule has 4 heteroatoms. The van der Waals surface area contributed by atoms with Crippen molar-refractivity contribution < 1.29 is 0 Å². The van der Waals surface area contributed by atoms with E-state index in [9.17, 15) is 0 Å². The van der Waals surface area contributed by atoms with E-state index in [0.717, 1.165) is 25.1 Å². The lowest BCUT2D eigenvalue weighted by Crippen LogP contribution is -2.43. The molecule has 0 aliphatic heterocycles. The van der Waals surface area contributed by atoms with Crippen LogP contribution in [0.15, 0.2) is 4.47 Å². The molecule has 0 spiro atoms. The van der Waals surface area contributed by atoms with E-state index in [1.165, 1.54) is 42.3 Å². The summed E-state index contributed by atoms with van der Waals surface area (Å²) in [6.45, 7) is 7.59. The Bertz CT molecular complexity index is 447. The molecule has 1 aliphatic carbocycles. The summed E-state index contributed by atoms with van der Waals surface area (Å²) in [5.74, 6) is 0. The molecule has 1 unspecified atom stereocenters. The molecule has 1 heterocycles. The number of nitrogens with two attached hydrogens (primary N) is 1. The largest absolute Gasteiger partial charge is 0.327 e. The maximum atomic E-state index is 6.60. The zero-order chi connectivity index (χ0) is 14.8. The zero-order valence-electron chi connectivity index (χ0n) is 13.1. The molecule has 1 aromatic rings. The third-order valence-corrected chi connectivity index (χ3v) is 5.91. The second-order valence-electron chi connectivity index (χ2n) is 6.40. The zero-order valence-corrected chi connectivity index (χ0v) is 14.7. The lowest BCUT2D eigenvalue weighted by Gasteiger charge is -2.39. The Morgan fingerprint density at radius 1 is 1.30 bits per heavy atom. The molecule has 20 heavy (non-hydrogen) atoms. The molecular weight excluding hydrogens is 314 g/mol. The third kappa shape index (κ3) is 3.11. The molecule has 1 fully saturated rings. The predicted octanol–water partition coefficient (Wildman–Crippen LogP) is 4.07. The average Bonchev–Trinajstić information content (AvgIpc) is 2.76. The van der Waals surface area contributed by atoms with Gasteiger partial charge in [-0.1, -0.05) is 33.1 Å². The Morgan fingerprint density at radius 3 is 2.50 bits per heavy atom. The highest BCUT2D eigenvalue weighted by Gasteiger charge is 2.34. The highest BCUT2D eigenvalue weighted by molar-refractivity contribution is 9.10. The van der Waals surface area contributed by atoms with E-state index in [4.69, 9.17) is 5.73 Å². The molecule has 1 aromatic heterocycles. The molecule has 0 amide bonds. The van der Waals surface area contributed by atoms with Crippen LogP contribution < -0.4 is 5.73 Å². The number of hydrogen-bond donors (Lipinski definition) is 1. The highest BCUT2D eigenvalue weighted by atomic mass is 79.9. The summed E-state index contributed by atoms with van der Waals surface area (Å²) in [5.41, 5.74) is 9.33. The van der Waals surface area contributed by atoms with E-state index >= 15 is 0 Å². The van der Waals surface area contributed by atoms with Crippen molar-refractivity contribution in [2.45, 2.75) is 78.3 Å². The van der Waals surface area contributed by atoms with E-state index in [2.05, 4.69) is 46.5 Å². The minimum atomic E-state index is 0.228. The van der Waals surface area contributed by atoms with Gasteiger partial charge in [0.15, 0.2) is 0 Å². The smallest absolute Gasteiger partial charge is 0.0766 e. The van der Waals surface area contributed by atoms with Gasteiger partial charge in [0.2, 0.25) is 0 Å². The Morgan fingerprint density at radius 2 is 1.95 bits per heavy atom. The average molecular weight is 342 g/mol. The van der Waals surface area contributed by atoms with Crippen molar-refractivity contribution in [3.05, 3.63) is 15.9 Å². The molecule has 1 atom stereocenters. The van der Waals surface area contributed by atoms with Crippen molar-refractivity contribution >= 4 is 15.9 Å². The van der Waals surface area contributed by atoms with Crippen molar-refractivity contribution in [3.63, 3.8) is 0 Å². The molecule has 0 bridgehead atoms. The predicted molar refractivity (Wildman–Crippen MR) is 87.9 cm³/mol. The van der Waals surface area contributed by atoms with Crippen molar-refractivity contribution in [1.29, 1.82) is 0 Å². The first-order valence-corrected chi connectivity index (χ1v) is 8.80. The van der Waals surface area contributed by atoms with Crippen LogP contribution in [0.3, 0.4) is 0 Å². The molecule has 114 valence electrons. The monoisotopic (exact) mass is 341 g/mol. The van der Waals surface area contributed by atoms with Crippen molar-refractivity contribution in [1.82, 2.24) is 9.78 Å². The molecule has 0 radical (unpaired) electrons. The number of aromatic nitrogens is 2. The van der Waals surface area contributed by atoms with E-state index in [1.807, 2.05) is 0 Å². The quantitative estimate of drug-likeness (QED) is 0.877. The highest BCUT2D eigenvalue weighted by Crippen LogP contribution is 2.39. The fourth-order valence-electron chi connectivity index (χ4n) is 3.40. The fraction of sp³-hybridized carbons (Fsp3) is 0.812. The van der Waals surface area contributed by atoms with Crippen LogP contribution in [-0.4, -0.2) is 15.8 Å². The van der Waals surface area contributed by atoms with Gasteiger partial charge in [-0.25, -0.2) is 0 Å². The first-order chi connectivity index (χ1) is 9.51. The van der Waals surface area contributed by atoms with Crippen LogP contribution in [0.2, 0.25) is 0 Å². The van der Waals surface area contributed by atoms with Gasteiger partial charge >= 0.3 is 0 Å². The standard InChI is InChI=1S/C16H28BrN3/c1-4-12-15(17)13(20(5-2)19-12)11-14(18)16(3)9-7-6-8-10-16/h14H,4-11,18H2,1-3H3. The second kappa shape index (κ2) is 6.61. The minimum Gasteiger partial charge on any atom is -0.327 e. The van der Waals surface area contributed by atoms with E-state index < -0.39 is 0 Å². The van der Waals surface area contributed by atoms with Gasteiger partial charge in [0.05, 0.1) is 15.9 Å². The van der Waals surface area contributed by atoms with E-state index in [1.54, 1.807) is 0 Å². The number of nitrogens with zero attached hydrogens (tertiary/aromatic N) is 2. The second-order valence-corrected chi connectivity index (χ2v) is 7.19. The van der Waals surface area contributed by atoms with Gasteiger partial charge in [-0.15, -0.1) is 0 Å². The molecule has 3 nitrogen and oxygen atoms in total. The molecule has 2 N–H and O–H groups in total. The number of halogens is 1. The van der Waals surface area contributed by atoms with Gasteiger partial charge in [-0.2, -0.15) is 5.10 Å². The molecule has 1 aliphatic rings. The van der Waals surface area contributed by atoms with Crippen molar-refractivity contribution in [3.8, 4) is 0 Å². The Hall–Kier alpha value is -0.350. The van der Waals surface area contributed by atoms with Crippen LogP contribution in [0.1, 0.15) is 64.3 Å². The van der Waals surface area contributed by atoms with E-state index in [-0.39, 0.29) is 6.04 Å². The third-order valence-electron chi connectivity index (χ3n) is 5.00. The maximum absolute atomic E-state index is 6.60. The van der Waals surface area contributed by atoms with Crippen LogP contribution in [-0.2, 0) is 19.4 Å². The number of aryl methyl sites for hydroxylation is 2. The SMILES string of the molecule is CCc1nn(CC)c(CC(N)C2(C)CCCCC2)c1Br. The Kier molecular flexibility index (Phi) is 5.30. The summed E-state index contributed by atoms with van der Waals surface area (Å²) >= 11 is 3.73. The van der Waals surface area contributed by atoms with Gasteiger partial charge in [0.1, 0.15) is 0 Å². The summed E-state index contributed by atoms with van der Waals surface area (Å²) in [4.78, 5) is 0. The van der Waals surface area contributed by atoms with Crippen molar-refractivity contribution in [2.75, 3.05) is 0 Å². The summed E-state index contributed by atoms with van der Waals surface area (Å²) in [6, 6.07) is 0.228. The fourth-order valence-corrected chi connectivity index (χ4v) is 4.12. The van der Waals surface area contributed by atoms with Crippen LogP contribution in [0, 0.1) is 5.41 Å². The van der Waals surface area contributed by atoms with Crippen LogP contribution in [0.4, 0.5) is 0 Å². The lowest BCUT2D eigenvalue weighted by atomic mass is 9.69. The van der Waals surface area contributed by atoms with Crippen molar-refractivity contribution in [2.24, 2.45) is 11.1 Å². The molecule has 2 rings (SSSR count). The Labute approximate surface area is 131 Å². The van der Waals surface area contributed by atoms with Crippen LogP contribution in [0.5, 0.6) is 0 Å². The van der Waals surface area contributed by atoms with Gasteiger partial charge in [0, 0.05) is 19.0 Å². The van der Waals surface area contributed by atoms with Gasteiger partial charge < -0.3 is 5.73 Å². The summed E-state index contributed by atoms with van der Waals surface area (Å²) in [5, 5.41) is 4.68. The van der Waals surface area contributed by atoms with Gasteiger partial charge in [0.25, 0.3) is 0 Å². The Balaban J connectivity index is 2.18. The number of rotatable bonds is 5. The summed E-state index contributed by atoms with van der Waals surface area (Å²) in [7, 11) is 0. The van der Waals surface area contributed by atoms with Gasteiger partial charge in [-0.05, 0) is 47.5 Å². The lowest BCUT2D eigenvalue weighted by molar-refractivity contribution is 0.167.